The van der Waals surface area contributed by atoms with Crippen LogP contribution in [0.4, 0.5) is 10.1 Å². The van der Waals surface area contributed by atoms with Crippen molar-refractivity contribution in [3.63, 3.8) is 0 Å². The van der Waals surface area contributed by atoms with Crippen LogP contribution in [0.15, 0.2) is 48.5 Å². The minimum atomic E-state index is -0.288. The first-order valence-electron chi connectivity index (χ1n) is 9.64. The quantitative estimate of drug-likeness (QED) is 0.768. The molecule has 1 aliphatic rings. The number of anilines is 1. The molecule has 1 aliphatic carbocycles. The second-order valence-electron chi connectivity index (χ2n) is 7.31. The number of halogens is 1. The summed E-state index contributed by atoms with van der Waals surface area (Å²) in [7, 11) is 1.75. The minimum Gasteiger partial charge on any atom is -0.349 e. The van der Waals surface area contributed by atoms with Crippen LogP contribution in [0.5, 0.6) is 0 Å². The largest absolute Gasteiger partial charge is 0.349 e. The Bertz CT molecular complexity index is 834. The summed E-state index contributed by atoms with van der Waals surface area (Å²) in [5.41, 5.74) is 1.48. The summed E-state index contributed by atoms with van der Waals surface area (Å²) < 4.78 is 13.8. The molecule has 0 spiro atoms. The van der Waals surface area contributed by atoms with Crippen molar-refractivity contribution in [3.05, 3.63) is 65.5 Å². The van der Waals surface area contributed by atoms with Crippen molar-refractivity contribution in [2.45, 2.75) is 38.3 Å². The van der Waals surface area contributed by atoms with Crippen LogP contribution in [0, 0.1) is 5.82 Å². The molecular weight excluding hydrogens is 357 g/mol. The van der Waals surface area contributed by atoms with Gasteiger partial charge in [0.25, 0.3) is 5.91 Å². The highest BCUT2D eigenvalue weighted by Gasteiger charge is 2.20. The van der Waals surface area contributed by atoms with Crippen LogP contribution in [0.3, 0.4) is 0 Å². The van der Waals surface area contributed by atoms with Gasteiger partial charge in [0.1, 0.15) is 5.82 Å². The van der Waals surface area contributed by atoms with Crippen molar-refractivity contribution in [1.29, 1.82) is 0 Å². The number of hydrogen-bond donors (Lipinski definition) is 2. The predicted octanol–water partition coefficient (Wildman–Crippen LogP) is 3.57. The maximum Gasteiger partial charge on any atom is 0.253 e. The first-order chi connectivity index (χ1) is 13.5. The second-order valence-corrected chi connectivity index (χ2v) is 7.31. The highest BCUT2D eigenvalue weighted by molar-refractivity contribution is 6.04. The van der Waals surface area contributed by atoms with Gasteiger partial charge in [-0.25, -0.2) is 4.39 Å². The molecule has 2 amide bonds. The monoisotopic (exact) mass is 383 g/mol. The fraction of sp³-hybridized carbons (Fsp3) is 0.364. The predicted molar refractivity (Wildman–Crippen MR) is 108 cm³/mol. The lowest BCUT2D eigenvalue weighted by atomic mass is 10.1. The lowest BCUT2D eigenvalue weighted by Gasteiger charge is -2.18. The van der Waals surface area contributed by atoms with Gasteiger partial charge >= 0.3 is 0 Å². The van der Waals surface area contributed by atoms with Crippen LogP contribution in [0.1, 0.15) is 41.6 Å². The fourth-order valence-corrected chi connectivity index (χ4v) is 3.53. The smallest absolute Gasteiger partial charge is 0.253 e. The molecule has 28 heavy (non-hydrogen) atoms. The van der Waals surface area contributed by atoms with E-state index in [1.54, 1.807) is 54.4 Å². The standard InChI is InChI=1S/C22H26FN3O2/c1-26(14-16-8-2-6-12-19(16)23)15-21(27)25-20-13-7-5-11-18(20)22(28)24-17-9-3-4-10-17/h2,5-8,11-13,17H,3-4,9-10,14-15H2,1H3,(H,24,28)(H,25,27). The van der Waals surface area contributed by atoms with Gasteiger partial charge in [-0.05, 0) is 38.1 Å². The Morgan fingerprint density at radius 2 is 1.75 bits per heavy atom. The van der Waals surface area contributed by atoms with Crippen LogP contribution in [0.2, 0.25) is 0 Å². The Labute approximate surface area is 164 Å². The van der Waals surface area contributed by atoms with Crippen LogP contribution >= 0.6 is 0 Å². The average molecular weight is 383 g/mol. The molecule has 0 aromatic heterocycles. The molecule has 3 rings (SSSR count). The molecule has 0 bridgehead atoms. The summed E-state index contributed by atoms with van der Waals surface area (Å²) in [6, 6.07) is 13.7. The maximum absolute atomic E-state index is 13.8. The van der Waals surface area contributed by atoms with Crippen molar-refractivity contribution in [1.82, 2.24) is 10.2 Å². The molecule has 1 saturated carbocycles. The number of carbonyl (C=O) groups excluding carboxylic acids is 2. The second kappa shape index (κ2) is 9.46. The Hall–Kier alpha value is -2.73. The molecule has 0 saturated heterocycles. The summed E-state index contributed by atoms with van der Waals surface area (Å²) in [4.78, 5) is 26.8. The average Bonchev–Trinajstić information content (AvgIpc) is 3.17. The highest BCUT2D eigenvalue weighted by atomic mass is 19.1. The number of carbonyl (C=O) groups is 2. The van der Waals surface area contributed by atoms with E-state index in [4.69, 9.17) is 0 Å². The molecular formula is C22H26FN3O2. The van der Waals surface area contributed by atoms with Gasteiger partial charge in [0.15, 0.2) is 0 Å². The summed E-state index contributed by atoms with van der Waals surface area (Å²) >= 11 is 0. The van der Waals surface area contributed by atoms with E-state index in [-0.39, 0.29) is 30.2 Å². The molecule has 0 atom stereocenters. The number of nitrogens with one attached hydrogen (secondary N) is 2. The van der Waals surface area contributed by atoms with Gasteiger partial charge < -0.3 is 10.6 Å². The van der Waals surface area contributed by atoms with Gasteiger partial charge in [-0.2, -0.15) is 0 Å². The number of hydrogen-bond acceptors (Lipinski definition) is 3. The van der Waals surface area contributed by atoms with Gasteiger partial charge in [-0.1, -0.05) is 43.2 Å². The van der Waals surface area contributed by atoms with E-state index in [0.717, 1.165) is 25.7 Å². The minimum absolute atomic E-state index is 0.0902. The molecule has 148 valence electrons. The van der Waals surface area contributed by atoms with Crippen molar-refractivity contribution >= 4 is 17.5 Å². The summed E-state index contributed by atoms with van der Waals surface area (Å²) in [5.74, 6) is -0.703. The van der Waals surface area contributed by atoms with Gasteiger partial charge in [0, 0.05) is 18.2 Å². The van der Waals surface area contributed by atoms with Crippen molar-refractivity contribution in [2.24, 2.45) is 0 Å². The van der Waals surface area contributed by atoms with Crippen LogP contribution < -0.4 is 10.6 Å². The van der Waals surface area contributed by atoms with Crippen LogP contribution in [-0.4, -0.2) is 36.3 Å². The number of para-hydroxylation sites is 1. The number of likely N-dealkylation sites (N-methyl/N-ethyl adjacent to an activating group) is 1. The zero-order valence-corrected chi connectivity index (χ0v) is 16.1. The lowest BCUT2D eigenvalue weighted by molar-refractivity contribution is -0.117. The Morgan fingerprint density at radius 3 is 2.50 bits per heavy atom. The van der Waals surface area contributed by atoms with Crippen molar-refractivity contribution in [2.75, 3.05) is 18.9 Å². The van der Waals surface area contributed by atoms with E-state index in [1.165, 1.54) is 6.07 Å². The molecule has 2 N–H and O–H groups in total. The van der Waals surface area contributed by atoms with Gasteiger partial charge in [0.05, 0.1) is 17.8 Å². The zero-order valence-electron chi connectivity index (χ0n) is 16.1. The third kappa shape index (κ3) is 5.39. The maximum atomic E-state index is 13.8. The third-order valence-electron chi connectivity index (χ3n) is 4.95. The fourth-order valence-electron chi connectivity index (χ4n) is 3.53. The van der Waals surface area contributed by atoms with Crippen molar-refractivity contribution < 1.29 is 14.0 Å². The van der Waals surface area contributed by atoms with E-state index < -0.39 is 0 Å². The molecule has 2 aromatic carbocycles. The van der Waals surface area contributed by atoms with E-state index >= 15 is 0 Å². The SMILES string of the molecule is CN(CC(=O)Nc1ccccc1C(=O)NC1CCCC1)Cc1ccccc1F. The first kappa shape index (κ1) is 20.0. The number of rotatable bonds is 7. The molecule has 0 aliphatic heterocycles. The van der Waals surface area contributed by atoms with E-state index in [2.05, 4.69) is 10.6 Å². The van der Waals surface area contributed by atoms with E-state index in [0.29, 0.717) is 23.4 Å². The summed E-state index contributed by atoms with van der Waals surface area (Å²) in [6.07, 6.45) is 4.28. The molecule has 0 radical (unpaired) electrons. The lowest BCUT2D eigenvalue weighted by Crippen LogP contribution is -2.34. The van der Waals surface area contributed by atoms with Crippen LogP contribution in [-0.2, 0) is 11.3 Å². The van der Waals surface area contributed by atoms with Gasteiger partial charge in [-0.15, -0.1) is 0 Å². The third-order valence-corrected chi connectivity index (χ3v) is 4.95. The highest BCUT2D eigenvalue weighted by Crippen LogP contribution is 2.20. The van der Waals surface area contributed by atoms with Crippen LogP contribution in [0.25, 0.3) is 0 Å². The van der Waals surface area contributed by atoms with Crippen molar-refractivity contribution in [3.8, 4) is 0 Å². The van der Waals surface area contributed by atoms with Gasteiger partial charge in [-0.3, -0.25) is 14.5 Å². The molecule has 2 aromatic rings. The summed E-state index contributed by atoms with van der Waals surface area (Å²) in [5, 5.41) is 5.86. The molecule has 0 unspecified atom stereocenters. The Morgan fingerprint density at radius 1 is 1.07 bits per heavy atom. The molecule has 0 heterocycles. The summed E-state index contributed by atoms with van der Waals surface area (Å²) in [6.45, 7) is 0.414. The number of nitrogens with zero attached hydrogens (tertiary/aromatic N) is 1. The zero-order chi connectivity index (χ0) is 19.9. The molecule has 6 heteroatoms. The van der Waals surface area contributed by atoms with E-state index in [1.807, 2.05) is 0 Å². The molecule has 5 nitrogen and oxygen atoms in total. The Balaban J connectivity index is 1.59. The molecule has 1 fully saturated rings. The number of benzene rings is 2. The Kier molecular flexibility index (Phi) is 6.76. The van der Waals surface area contributed by atoms with Gasteiger partial charge in [0.2, 0.25) is 5.91 Å². The first-order valence-corrected chi connectivity index (χ1v) is 9.64. The topological polar surface area (TPSA) is 61.4 Å². The van der Waals surface area contributed by atoms with E-state index in [9.17, 15) is 14.0 Å². The normalized spacial score (nSPS) is 14.2. The number of amides is 2.